The van der Waals surface area contributed by atoms with E-state index in [0.717, 1.165) is 16.6 Å². The topological polar surface area (TPSA) is 28.7 Å². The summed E-state index contributed by atoms with van der Waals surface area (Å²) < 4.78 is 13.9. The van der Waals surface area contributed by atoms with Gasteiger partial charge in [-0.25, -0.2) is 9.37 Å². The molecule has 4 heteroatoms. The highest BCUT2D eigenvalue weighted by Crippen LogP contribution is 2.27. The minimum absolute atomic E-state index is 0.371. The van der Waals surface area contributed by atoms with E-state index in [1.807, 2.05) is 31.2 Å². The van der Waals surface area contributed by atoms with E-state index in [1.54, 1.807) is 6.07 Å². The number of rotatable bonds is 1. The van der Waals surface area contributed by atoms with E-state index in [9.17, 15) is 4.39 Å². The van der Waals surface area contributed by atoms with Crippen LogP contribution in [0.3, 0.4) is 0 Å². The molecule has 2 nitrogen and oxygen atoms in total. The number of imidazole rings is 1. The zero-order valence-corrected chi connectivity index (χ0v) is 10.4. The fourth-order valence-corrected chi connectivity index (χ4v) is 2.07. The van der Waals surface area contributed by atoms with Crippen LogP contribution in [0.2, 0.25) is 5.02 Å². The second-order valence-electron chi connectivity index (χ2n) is 4.18. The first-order chi connectivity index (χ1) is 8.65. The number of H-pyrrole nitrogens is 1. The summed E-state index contributed by atoms with van der Waals surface area (Å²) in [5.74, 6) is 0.151. The highest BCUT2D eigenvalue weighted by molar-refractivity contribution is 6.31. The standard InChI is InChI=1S/C14H10ClFN2/c1-8-6-9(11(16)7-10(8)15)14-17-12-4-2-3-5-13(12)18-14/h2-7H,1H3,(H,17,18). The summed E-state index contributed by atoms with van der Waals surface area (Å²) in [6.07, 6.45) is 0. The minimum Gasteiger partial charge on any atom is -0.338 e. The van der Waals surface area contributed by atoms with E-state index in [-0.39, 0.29) is 5.82 Å². The number of benzene rings is 2. The van der Waals surface area contributed by atoms with E-state index in [0.29, 0.717) is 16.4 Å². The Hall–Kier alpha value is -1.87. The first-order valence-corrected chi connectivity index (χ1v) is 5.94. The zero-order chi connectivity index (χ0) is 12.7. The molecule has 0 radical (unpaired) electrons. The van der Waals surface area contributed by atoms with Gasteiger partial charge in [0.15, 0.2) is 0 Å². The average molecular weight is 261 g/mol. The van der Waals surface area contributed by atoms with Crippen molar-refractivity contribution in [2.45, 2.75) is 6.92 Å². The largest absolute Gasteiger partial charge is 0.338 e. The lowest BCUT2D eigenvalue weighted by atomic mass is 10.1. The van der Waals surface area contributed by atoms with Crippen LogP contribution < -0.4 is 0 Å². The van der Waals surface area contributed by atoms with Crippen LogP contribution in [-0.4, -0.2) is 9.97 Å². The smallest absolute Gasteiger partial charge is 0.141 e. The molecule has 0 saturated heterocycles. The van der Waals surface area contributed by atoms with Crippen molar-refractivity contribution in [2.75, 3.05) is 0 Å². The molecule has 0 amide bonds. The van der Waals surface area contributed by atoms with Gasteiger partial charge < -0.3 is 4.98 Å². The quantitative estimate of drug-likeness (QED) is 0.693. The highest BCUT2D eigenvalue weighted by Gasteiger charge is 2.12. The Morgan fingerprint density at radius 3 is 2.78 bits per heavy atom. The number of hydrogen-bond donors (Lipinski definition) is 1. The lowest BCUT2D eigenvalue weighted by Crippen LogP contribution is -1.89. The van der Waals surface area contributed by atoms with E-state index < -0.39 is 0 Å². The van der Waals surface area contributed by atoms with E-state index >= 15 is 0 Å². The SMILES string of the molecule is Cc1cc(-c2nc3ccccc3[nH]2)c(F)cc1Cl. The first kappa shape index (κ1) is 11.2. The van der Waals surface area contributed by atoms with Gasteiger partial charge in [0.05, 0.1) is 16.6 Å². The van der Waals surface area contributed by atoms with Crippen LogP contribution in [0, 0.1) is 12.7 Å². The molecule has 0 bridgehead atoms. The van der Waals surface area contributed by atoms with Gasteiger partial charge >= 0.3 is 0 Å². The number of aromatic amines is 1. The van der Waals surface area contributed by atoms with Gasteiger partial charge in [-0.15, -0.1) is 0 Å². The monoisotopic (exact) mass is 260 g/mol. The Morgan fingerprint density at radius 2 is 2.00 bits per heavy atom. The fraction of sp³-hybridized carbons (Fsp3) is 0.0714. The molecule has 2 aromatic carbocycles. The normalized spacial score (nSPS) is 11.1. The maximum absolute atomic E-state index is 13.9. The lowest BCUT2D eigenvalue weighted by molar-refractivity contribution is 0.630. The van der Waals surface area contributed by atoms with Gasteiger partial charge in [-0.3, -0.25) is 0 Å². The summed E-state index contributed by atoms with van der Waals surface area (Å²) in [6, 6.07) is 10.6. The Kier molecular flexibility index (Phi) is 2.56. The number of nitrogens with one attached hydrogen (secondary N) is 1. The van der Waals surface area contributed by atoms with Crippen molar-refractivity contribution in [3.63, 3.8) is 0 Å². The summed E-state index contributed by atoms with van der Waals surface area (Å²) in [5, 5.41) is 0.423. The molecule has 3 aromatic rings. The maximum atomic E-state index is 13.9. The molecule has 0 saturated carbocycles. The fourth-order valence-electron chi connectivity index (χ4n) is 1.92. The number of aromatic nitrogens is 2. The average Bonchev–Trinajstić information content (AvgIpc) is 2.77. The number of para-hydroxylation sites is 2. The summed E-state index contributed by atoms with van der Waals surface area (Å²) >= 11 is 5.88. The minimum atomic E-state index is -0.371. The van der Waals surface area contributed by atoms with Gasteiger partial charge in [0.1, 0.15) is 11.6 Å². The molecule has 0 aliphatic heterocycles. The number of aryl methyl sites for hydroxylation is 1. The number of fused-ring (bicyclic) bond motifs is 1. The molecular formula is C14H10ClFN2. The third-order valence-corrected chi connectivity index (χ3v) is 3.30. The Labute approximate surface area is 108 Å². The van der Waals surface area contributed by atoms with Crippen molar-refractivity contribution in [1.82, 2.24) is 9.97 Å². The van der Waals surface area contributed by atoms with Gasteiger partial charge in [0.25, 0.3) is 0 Å². The number of nitrogens with zero attached hydrogens (tertiary/aromatic N) is 1. The third-order valence-electron chi connectivity index (χ3n) is 2.89. The van der Waals surface area contributed by atoms with Crippen molar-refractivity contribution in [3.8, 4) is 11.4 Å². The van der Waals surface area contributed by atoms with Crippen LogP contribution >= 0.6 is 11.6 Å². The molecule has 0 unspecified atom stereocenters. The Morgan fingerprint density at radius 1 is 1.22 bits per heavy atom. The molecule has 0 atom stereocenters. The second kappa shape index (κ2) is 4.10. The third kappa shape index (κ3) is 1.77. The molecular weight excluding hydrogens is 251 g/mol. The van der Waals surface area contributed by atoms with Crippen molar-refractivity contribution < 1.29 is 4.39 Å². The van der Waals surface area contributed by atoms with E-state index in [1.165, 1.54) is 6.07 Å². The highest BCUT2D eigenvalue weighted by atomic mass is 35.5. The van der Waals surface area contributed by atoms with Gasteiger partial charge in [-0.1, -0.05) is 23.7 Å². The van der Waals surface area contributed by atoms with Crippen LogP contribution in [-0.2, 0) is 0 Å². The predicted molar refractivity (Wildman–Crippen MR) is 71.2 cm³/mol. The summed E-state index contributed by atoms with van der Waals surface area (Å²) in [7, 11) is 0. The summed E-state index contributed by atoms with van der Waals surface area (Å²) in [4.78, 5) is 7.48. The molecule has 1 heterocycles. The molecule has 18 heavy (non-hydrogen) atoms. The van der Waals surface area contributed by atoms with E-state index in [2.05, 4.69) is 9.97 Å². The number of halogens is 2. The molecule has 0 fully saturated rings. The van der Waals surface area contributed by atoms with Crippen LogP contribution in [0.4, 0.5) is 4.39 Å². The molecule has 1 aromatic heterocycles. The molecule has 1 N–H and O–H groups in total. The van der Waals surface area contributed by atoms with Crippen LogP contribution in [0.15, 0.2) is 36.4 Å². The van der Waals surface area contributed by atoms with Crippen molar-refractivity contribution in [3.05, 3.63) is 52.8 Å². The molecule has 90 valence electrons. The molecule has 0 aliphatic carbocycles. The van der Waals surface area contributed by atoms with Gasteiger partial charge in [-0.05, 0) is 36.8 Å². The molecule has 0 aliphatic rings. The first-order valence-electron chi connectivity index (χ1n) is 5.56. The van der Waals surface area contributed by atoms with Crippen LogP contribution in [0.1, 0.15) is 5.56 Å². The summed E-state index contributed by atoms with van der Waals surface area (Å²) in [5.41, 5.74) is 2.97. The van der Waals surface area contributed by atoms with Gasteiger partial charge in [0, 0.05) is 5.02 Å². The Balaban J connectivity index is 2.22. The van der Waals surface area contributed by atoms with Crippen LogP contribution in [0.25, 0.3) is 22.4 Å². The zero-order valence-electron chi connectivity index (χ0n) is 9.67. The van der Waals surface area contributed by atoms with Crippen molar-refractivity contribution in [2.24, 2.45) is 0 Å². The van der Waals surface area contributed by atoms with E-state index in [4.69, 9.17) is 11.6 Å². The van der Waals surface area contributed by atoms with Crippen molar-refractivity contribution in [1.29, 1.82) is 0 Å². The van der Waals surface area contributed by atoms with Gasteiger partial charge in [0.2, 0.25) is 0 Å². The number of hydrogen-bond acceptors (Lipinski definition) is 1. The molecule has 0 spiro atoms. The predicted octanol–water partition coefficient (Wildman–Crippen LogP) is 4.33. The second-order valence-corrected chi connectivity index (χ2v) is 4.59. The Bertz CT molecular complexity index is 701. The summed E-state index contributed by atoms with van der Waals surface area (Å²) in [6.45, 7) is 1.84. The lowest BCUT2D eigenvalue weighted by Gasteiger charge is -2.03. The maximum Gasteiger partial charge on any atom is 0.141 e. The van der Waals surface area contributed by atoms with Crippen LogP contribution in [0.5, 0.6) is 0 Å². The van der Waals surface area contributed by atoms with Gasteiger partial charge in [-0.2, -0.15) is 0 Å². The molecule has 3 rings (SSSR count). The van der Waals surface area contributed by atoms with Crippen molar-refractivity contribution >= 4 is 22.6 Å².